The maximum atomic E-state index is 6.26. The molecule has 0 aromatic heterocycles. The van der Waals surface area contributed by atoms with Gasteiger partial charge in [-0.25, -0.2) is 0 Å². The van der Waals surface area contributed by atoms with Crippen LogP contribution in [-0.2, 0) is 4.74 Å². The fourth-order valence-electron chi connectivity index (χ4n) is 4.22. The molecule has 0 bridgehead atoms. The van der Waals surface area contributed by atoms with Gasteiger partial charge in [0, 0.05) is 38.3 Å². The topological polar surface area (TPSA) is 40.1 Å². The molecule has 0 spiro atoms. The highest BCUT2D eigenvalue weighted by atomic mass is 35.5. The number of nitrogens with zero attached hydrogens (tertiary/aromatic N) is 3. The molecule has 6 heteroatoms. The second-order valence-electron chi connectivity index (χ2n) is 7.38. The first-order chi connectivity index (χ1) is 13.2. The van der Waals surface area contributed by atoms with Crippen LogP contribution in [0, 0.1) is 0 Å². The first-order valence-corrected chi connectivity index (χ1v) is 10.7. The molecule has 27 heavy (non-hydrogen) atoms. The van der Waals surface area contributed by atoms with E-state index >= 15 is 0 Å². The number of hydrogen-bond acceptors (Lipinski definition) is 3. The first kappa shape index (κ1) is 20.4. The van der Waals surface area contributed by atoms with E-state index in [4.69, 9.17) is 16.3 Å². The highest BCUT2D eigenvalue weighted by Gasteiger charge is 2.26. The quantitative estimate of drug-likeness (QED) is 0.593. The Balaban J connectivity index is 1.62. The average Bonchev–Trinajstić information content (AvgIpc) is 3.21. The van der Waals surface area contributed by atoms with Gasteiger partial charge in [-0.05, 0) is 63.4 Å². The zero-order chi connectivity index (χ0) is 19.1. The molecular formula is C21H33ClN4O. The van der Waals surface area contributed by atoms with Crippen LogP contribution in [0.1, 0.15) is 44.2 Å². The van der Waals surface area contributed by atoms with Crippen LogP contribution in [0.4, 0.5) is 0 Å². The summed E-state index contributed by atoms with van der Waals surface area (Å²) in [5, 5.41) is 4.44. The van der Waals surface area contributed by atoms with Crippen LogP contribution < -0.4 is 5.32 Å². The fourth-order valence-corrected chi connectivity index (χ4v) is 4.41. The summed E-state index contributed by atoms with van der Waals surface area (Å²) in [6, 6.07) is 8.61. The molecule has 2 aliphatic rings. The Bertz CT molecular complexity index is 610. The summed E-state index contributed by atoms with van der Waals surface area (Å²) in [7, 11) is 1.88. The minimum atomic E-state index is 0.323. The molecule has 1 unspecified atom stereocenters. The van der Waals surface area contributed by atoms with Crippen LogP contribution in [0.5, 0.6) is 0 Å². The molecule has 1 aromatic carbocycles. The van der Waals surface area contributed by atoms with Gasteiger partial charge in [-0.1, -0.05) is 23.7 Å². The smallest absolute Gasteiger partial charge is 0.193 e. The molecule has 2 aliphatic heterocycles. The summed E-state index contributed by atoms with van der Waals surface area (Å²) in [4.78, 5) is 9.46. The highest BCUT2D eigenvalue weighted by molar-refractivity contribution is 6.30. The number of benzene rings is 1. The lowest BCUT2D eigenvalue weighted by Crippen LogP contribution is -2.48. The second-order valence-corrected chi connectivity index (χ2v) is 7.82. The van der Waals surface area contributed by atoms with E-state index in [0.717, 1.165) is 63.2 Å². The van der Waals surface area contributed by atoms with Crippen molar-refractivity contribution in [3.05, 3.63) is 34.9 Å². The van der Waals surface area contributed by atoms with Crippen molar-refractivity contribution in [2.75, 3.05) is 46.4 Å². The van der Waals surface area contributed by atoms with Crippen molar-refractivity contribution in [1.29, 1.82) is 0 Å². The van der Waals surface area contributed by atoms with Gasteiger partial charge in [-0.3, -0.25) is 9.89 Å². The van der Waals surface area contributed by atoms with Gasteiger partial charge in [-0.15, -0.1) is 0 Å². The largest absolute Gasteiger partial charge is 0.378 e. The first-order valence-electron chi connectivity index (χ1n) is 10.3. The summed E-state index contributed by atoms with van der Waals surface area (Å²) < 4.78 is 5.77. The van der Waals surface area contributed by atoms with E-state index in [0.29, 0.717) is 12.1 Å². The molecule has 1 N–H and O–H groups in total. The third kappa shape index (κ3) is 5.59. The molecule has 2 fully saturated rings. The minimum absolute atomic E-state index is 0.323. The van der Waals surface area contributed by atoms with Gasteiger partial charge < -0.3 is 15.0 Å². The average molecular weight is 393 g/mol. The Morgan fingerprint density at radius 2 is 2.00 bits per heavy atom. The number of nitrogens with one attached hydrogen (secondary N) is 1. The number of piperidine rings is 1. The molecule has 2 heterocycles. The maximum Gasteiger partial charge on any atom is 0.193 e. The summed E-state index contributed by atoms with van der Waals surface area (Å²) in [5.41, 5.74) is 1.28. The number of aliphatic imine (C=N–C) groups is 1. The van der Waals surface area contributed by atoms with E-state index in [1.807, 2.05) is 19.2 Å². The zero-order valence-corrected chi connectivity index (χ0v) is 17.4. The van der Waals surface area contributed by atoms with Gasteiger partial charge in [-0.2, -0.15) is 0 Å². The zero-order valence-electron chi connectivity index (χ0n) is 16.7. The molecule has 0 amide bonds. The third-order valence-electron chi connectivity index (χ3n) is 5.62. The SMILES string of the molecule is CCOC1CCN(C(=NC)NCC(c2cccc(Cl)c2)N2CCCC2)CC1. The van der Waals surface area contributed by atoms with Crippen molar-refractivity contribution in [3.8, 4) is 0 Å². The Morgan fingerprint density at radius 3 is 2.63 bits per heavy atom. The number of guanidine groups is 1. The molecule has 150 valence electrons. The Hall–Kier alpha value is -1.30. The van der Waals surface area contributed by atoms with E-state index < -0.39 is 0 Å². The molecule has 1 atom stereocenters. The van der Waals surface area contributed by atoms with Crippen LogP contribution in [-0.4, -0.2) is 68.2 Å². The van der Waals surface area contributed by atoms with Crippen molar-refractivity contribution in [2.45, 2.75) is 44.8 Å². The summed E-state index contributed by atoms with van der Waals surface area (Å²) >= 11 is 6.26. The van der Waals surface area contributed by atoms with Gasteiger partial charge in [0.25, 0.3) is 0 Å². The molecule has 1 aromatic rings. The van der Waals surface area contributed by atoms with Gasteiger partial charge in [0.2, 0.25) is 0 Å². The van der Waals surface area contributed by atoms with Gasteiger partial charge in [0.1, 0.15) is 0 Å². The summed E-state index contributed by atoms with van der Waals surface area (Å²) in [5.74, 6) is 0.996. The molecular weight excluding hydrogens is 360 g/mol. The van der Waals surface area contributed by atoms with E-state index in [1.54, 1.807) is 0 Å². The lowest BCUT2D eigenvalue weighted by Gasteiger charge is -2.35. The van der Waals surface area contributed by atoms with Gasteiger partial charge >= 0.3 is 0 Å². The third-order valence-corrected chi connectivity index (χ3v) is 5.86. The number of likely N-dealkylation sites (tertiary alicyclic amines) is 2. The van der Waals surface area contributed by atoms with Crippen LogP contribution in [0.25, 0.3) is 0 Å². The molecule has 3 rings (SSSR count). The lowest BCUT2D eigenvalue weighted by molar-refractivity contribution is 0.0263. The van der Waals surface area contributed by atoms with Crippen LogP contribution in [0.3, 0.4) is 0 Å². The predicted molar refractivity (Wildman–Crippen MR) is 113 cm³/mol. The maximum absolute atomic E-state index is 6.26. The summed E-state index contributed by atoms with van der Waals surface area (Å²) in [6.07, 6.45) is 5.08. The summed E-state index contributed by atoms with van der Waals surface area (Å²) in [6.45, 7) is 8.01. The van der Waals surface area contributed by atoms with E-state index in [-0.39, 0.29) is 0 Å². The van der Waals surface area contributed by atoms with Crippen molar-refractivity contribution in [1.82, 2.24) is 15.1 Å². The molecule has 0 radical (unpaired) electrons. The van der Waals surface area contributed by atoms with Crippen LogP contribution in [0.15, 0.2) is 29.3 Å². The number of hydrogen-bond donors (Lipinski definition) is 1. The molecule has 5 nitrogen and oxygen atoms in total. The van der Waals surface area contributed by atoms with Crippen molar-refractivity contribution < 1.29 is 4.74 Å². The number of rotatable bonds is 6. The number of halogens is 1. The molecule has 2 saturated heterocycles. The number of ether oxygens (including phenoxy) is 1. The van der Waals surface area contributed by atoms with E-state index in [9.17, 15) is 0 Å². The second kappa shape index (κ2) is 10.3. The van der Waals surface area contributed by atoms with Gasteiger partial charge in [0.05, 0.1) is 12.1 Å². The fraction of sp³-hybridized carbons (Fsp3) is 0.667. The van der Waals surface area contributed by atoms with E-state index in [2.05, 4.69) is 39.2 Å². The Labute approximate surface area is 168 Å². The standard InChI is InChI=1S/C21H33ClN4O/c1-3-27-19-9-13-26(14-10-19)21(23-2)24-16-20(25-11-4-5-12-25)17-7-6-8-18(22)15-17/h6-8,15,19-20H,3-5,9-14,16H2,1-2H3,(H,23,24). The van der Waals surface area contributed by atoms with Crippen LogP contribution >= 0.6 is 11.6 Å². The normalized spacial score (nSPS) is 20.9. The van der Waals surface area contributed by atoms with Gasteiger partial charge in [0.15, 0.2) is 5.96 Å². The highest BCUT2D eigenvalue weighted by Crippen LogP contribution is 2.26. The van der Waals surface area contributed by atoms with Crippen molar-refractivity contribution in [2.24, 2.45) is 4.99 Å². The lowest BCUT2D eigenvalue weighted by atomic mass is 10.1. The monoisotopic (exact) mass is 392 g/mol. The molecule has 0 aliphatic carbocycles. The minimum Gasteiger partial charge on any atom is -0.378 e. The van der Waals surface area contributed by atoms with Crippen molar-refractivity contribution in [3.63, 3.8) is 0 Å². The Kier molecular flexibility index (Phi) is 7.80. The molecule has 0 saturated carbocycles. The van der Waals surface area contributed by atoms with Crippen molar-refractivity contribution >= 4 is 17.6 Å². The van der Waals surface area contributed by atoms with E-state index in [1.165, 1.54) is 18.4 Å². The van der Waals surface area contributed by atoms with Crippen LogP contribution in [0.2, 0.25) is 5.02 Å². The predicted octanol–water partition coefficient (Wildman–Crippen LogP) is 3.55. The Morgan fingerprint density at radius 1 is 1.26 bits per heavy atom.